The first-order valence-electron chi connectivity index (χ1n) is 8.86. The number of ketones is 1. The molecule has 0 aliphatic heterocycles. The zero-order valence-electron chi connectivity index (χ0n) is 15.7. The van der Waals surface area contributed by atoms with Crippen molar-refractivity contribution in [2.45, 2.75) is 26.7 Å². The Hall–Kier alpha value is -3.15. The van der Waals surface area contributed by atoms with E-state index in [1.807, 2.05) is 44.3 Å². The number of ether oxygens (including phenoxy) is 2. The van der Waals surface area contributed by atoms with E-state index in [1.165, 1.54) is 7.11 Å². The lowest BCUT2D eigenvalue weighted by molar-refractivity contribution is 0.0599. The normalized spacial score (nSPS) is 10.8. The molecule has 3 aromatic rings. The minimum Gasteiger partial charge on any atom is -0.490 e. The molecule has 0 spiro atoms. The molecule has 6 heteroatoms. The third kappa shape index (κ3) is 3.69. The molecule has 0 N–H and O–H groups in total. The minimum atomic E-state index is -0.398. The van der Waals surface area contributed by atoms with Gasteiger partial charge in [0.2, 0.25) is 0 Å². The highest BCUT2D eigenvalue weighted by Crippen LogP contribution is 2.23. The van der Waals surface area contributed by atoms with Gasteiger partial charge in [-0.25, -0.2) is 9.78 Å². The largest absolute Gasteiger partial charge is 0.490 e. The van der Waals surface area contributed by atoms with Gasteiger partial charge < -0.3 is 9.47 Å². The lowest BCUT2D eigenvalue weighted by Crippen LogP contribution is -2.10. The van der Waals surface area contributed by atoms with Crippen LogP contribution in [0.4, 0.5) is 0 Å². The maximum Gasteiger partial charge on any atom is 0.338 e. The quantitative estimate of drug-likeness (QED) is 0.472. The molecule has 0 aliphatic rings. The number of carbonyl (C=O) groups excluding carboxylic acids is 2. The van der Waals surface area contributed by atoms with Gasteiger partial charge >= 0.3 is 5.97 Å². The van der Waals surface area contributed by atoms with Crippen LogP contribution in [0.1, 0.15) is 45.4 Å². The second-order valence-corrected chi connectivity index (χ2v) is 6.12. The predicted octanol–water partition coefficient (Wildman–Crippen LogP) is 3.64. The van der Waals surface area contributed by atoms with E-state index in [1.54, 1.807) is 16.5 Å². The molecule has 0 amide bonds. The molecule has 140 valence electrons. The number of imidazole rings is 1. The number of Topliss-reactive ketones (excluding diaryl/α,β-unsaturated/α-hetero) is 1. The molecule has 1 aromatic carbocycles. The Morgan fingerprint density at radius 1 is 1.15 bits per heavy atom. The molecule has 0 atom stereocenters. The van der Waals surface area contributed by atoms with Crippen LogP contribution in [0.2, 0.25) is 0 Å². The van der Waals surface area contributed by atoms with Crippen molar-refractivity contribution in [1.29, 1.82) is 0 Å². The fourth-order valence-corrected chi connectivity index (χ4v) is 3.17. The van der Waals surface area contributed by atoms with Gasteiger partial charge in [-0.2, -0.15) is 0 Å². The third-order valence-corrected chi connectivity index (χ3v) is 4.40. The van der Waals surface area contributed by atoms with Crippen LogP contribution in [0.25, 0.3) is 5.65 Å². The first kappa shape index (κ1) is 18.6. The molecule has 0 aliphatic carbocycles. The number of carbonyl (C=O) groups is 2. The molecule has 3 rings (SSSR count). The maximum atomic E-state index is 12.9. The Morgan fingerprint density at radius 3 is 2.67 bits per heavy atom. The molecular formula is C21H22N2O4. The highest BCUT2D eigenvalue weighted by Gasteiger charge is 2.19. The molecule has 0 saturated heterocycles. The van der Waals surface area contributed by atoms with Crippen molar-refractivity contribution in [2.75, 3.05) is 13.7 Å². The molecule has 27 heavy (non-hydrogen) atoms. The van der Waals surface area contributed by atoms with Gasteiger partial charge in [0.25, 0.3) is 0 Å². The molecule has 0 saturated carbocycles. The predicted molar refractivity (Wildman–Crippen MR) is 102 cm³/mol. The Balaban J connectivity index is 1.87. The van der Waals surface area contributed by atoms with Gasteiger partial charge in [0, 0.05) is 12.6 Å². The van der Waals surface area contributed by atoms with E-state index >= 15 is 0 Å². The molecule has 0 bridgehead atoms. The monoisotopic (exact) mass is 366 g/mol. The van der Waals surface area contributed by atoms with Crippen LogP contribution in [0.3, 0.4) is 0 Å². The number of nitrogens with zero attached hydrogens (tertiary/aromatic N) is 2. The van der Waals surface area contributed by atoms with Gasteiger partial charge in [-0.3, -0.25) is 9.20 Å². The average Bonchev–Trinajstić information content (AvgIpc) is 3.03. The number of rotatable bonds is 7. The summed E-state index contributed by atoms with van der Waals surface area (Å²) < 4.78 is 12.2. The smallest absolute Gasteiger partial charge is 0.338 e. The summed E-state index contributed by atoms with van der Waals surface area (Å²) in [7, 11) is 1.35. The summed E-state index contributed by atoms with van der Waals surface area (Å²) >= 11 is 0. The lowest BCUT2D eigenvalue weighted by atomic mass is 10.0. The summed E-state index contributed by atoms with van der Waals surface area (Å²) in [5.41, 5.74) is 3.12. The van der Waals surface area contributed by atoms with Gasteiger partial charge in [-0.1, -0.05) is 18.2 Å². The molecule has 0 fully saturated rings. The summed E-state index contributed by atoms with van der Waals surface area (Å²) in [6, 6.07) is 10.9. The number of pyridine rings is 1. The highest BCUT2D eigenvalue weighted by molar-refractivity contribution is 5.97. The summed E-state index contributed by atoms with van der Waals surface area (Å²) in [5.74, 6) is 0.219. The SMILES string of the molecule is CCOc1cccn2c(C(=O)CCc3ccccc3C(=O)OC)c(C)nc12. The van der Waals surface area contributed by atoms with Gasteiger partial charge in [0.05, 0.1) is 25.0 Å². The van der Waals surface area contributed by atoms with Crippen LogP contribution in [-0.4, -0.2) is 34.9 Å². The third-order valence-electron chi connectivity index (χ3n) is 4.40. The number of fused-ring (bicyclic) bond motifs is 1. The van der Waals surface area contributed by atoms with Crippen molar-refractivity contribution in [1.82, 2.24) is 9.38 Å². The Bertz CT molecular complexity index is 991. The summed E-state index contributed by atoms with van der Waals surface area (Å²) in [6.45, 7) is 4.25. The number of hydrogen-bond donors (Lipinski definition) is 0. The van der Waals surface area contributed by atoms with Crippen LogP contribution < -0.4 is 4.74 Å². The van der Waals surface area contributed by atoms with E-state index in [2.05, 4.69) is 4.98 Å². The van der Waals surface area contributed by atoms with Gasteiger partial charge in [-0.15, -0.1) is 0 Å². The topological polar surface area (TPSA) is 69.9 Å². The molecule has 0 radical (unpaired) electrons. The standard InChI is InChI=1S/C21H22N2O4/c1-4-27-18-10-7-13-23-19(14(2)22-20(18)23)17(24)12-11-15-8-5-6-9-16(15)21(25)26-3/h5-10,13H,4,11-12H2,1-3H3. The van der Waals surface area contributed by atoms with Crippen molar-refractivity contribution >= 4 is 17.4 Å². The number of methoxy groups -OCH3 is 1. The number of hydrogen-bond acceptors (Lipinski definition) is 5. The fraction of sp³-hybridized carbons (Fsp3) is 0.286. The summed E-state index contributed by atoms with van der Waals surface area (Å²) in [5, 5.41) is 0. The van der Waals surface area contributed by atoms with Crippen molar-refractivity contribution in [3.63, 3.8) is 0 Å². The van der Waals surface area contributed by atoms with Crippen LogP contribution in [0, 0.1) is 6.92 Å². The van der Waals surface area contributed by atoms with Crippen LogP contribution in [-0.2, 0) is 11.2 Å². The van der Waals surface area contributed by atoms with Crippen LogP contribution >= 0.6 is 0 Å². The van der Waals surface area contributed by atoms with E-state index in [-0.39, 0.29) is 12.2 Å². The molecule has 2 aromatic heterocycles. The van der Waals surface area contributed by atoms with Crippen molar-refractivity contribution in [3.8, 4) is 5.75 Å². The number of benzene rings is 1. The number of aromatic nitrogens is 2. The van der Waals surface area contributed by atoms with Gasteiger partial charge in [0.15, 0.2) is 17.2 Å². The average molecular weight is 366 g/mol. The second kappa shape index (κ2) is 8.03. The molecule has 0 unspecified atom stereocenters. The zero-order valence-corrected chi connectivity index (χ0v) is 15.7. The van der Waals surface area contributed by atoms with E-state index in [4.69, 9.17) is 9.47 Å². The van der Waals surface area contributed by atoms with Crippen molar-refractivity contribution in [2.24, 2.45) is 0 Å². The van der Waals surface area contributed by atoms with Crippen molar-refractivity contribution < 1.29 is 19.1 Å². The Morgan fingerprint density at radius 2 is 1.93 bits per heavy atom. The van der Waals surface area contributed by atoms with E-state index in [0.29, 0.717) is 41.4 Å². The summed E-state index contributed by atoms with van der Waals surface area (Å²) in [6.07, 6.45) is 2.52. The maximum absolute atomic E-state index is 12.9. The van der Waals surface area contributed by atoms with E-state index in [9.17, 15) is 9.59 Å². The molecule has 6 nitrogen and oxygen atoms in total. The highest BCUT2D eigenvalue weighted by atomic mass is 16.5. The van der Waals surface area contributed by atoms with E-state index < -0.39 is 5.97 Å². The van der Waals surface area contributed by atoms with Gasteiger partial charge in [0.1, 0.15) is 5.69 Å². The van der Waals surface area contributed by atoms with Crippen molar-refractivity contribution in [3.05, 3.63) is 65.1 Å². The Kier molecular flexibility index (Phi) is 5.54. The molecular weight excluding hydrogens is 344 g/mol. The molecule has 2 heterocycles. The Labute approximate surface area is 157 Å². The van der Waals surface area contributed by atoms with Crippen LogP contribution in [0.5, 0.6) is 5.75 Å². The zero-order chi connectivity index (χ0) is 19.4. The minimum absolute atomic E-state index is 0.0340. The van der Waals surface area contributed by atoms with E-state index in [0.717, 1.165) is 5.56 Å². The fourth-order valence-electron chi connectivity index (χ4n) is 3.17. The number of esters is 1. The number of aryl methyl sites for hydroxylation is 2. The first-order valence-corrected chi connectivity index (χ1v) is 8.86. The van der Waals surface area contributed by atoms with Crippen LogP contribution in [0.15, 0.2) is 42.6 Å². The summed E-state index contributed by atoms with van der Waals surface area (Å²) in [4.78, 5) is 29.3. The first-order chi connectivity index (χ1) is 13.1. The van der Waals surface area contributed by atoms with Gasteiger partial charge in [-0.05, 0) is 44.0 Å². The lowest BCUT2D eigenvalue weighted by Gasteiger charge is -2.08. The second-order valence-electron chi connectivity index (χ2n) is 6.12.